The Kier molecular flexibility index (Phi) is 7.34. The second kappa shape index (κ2) is 9.34. The number of amides is 2. The van der Waals surface area contributed by atoms with Gasteiger partial charge >= 0.3 is 6.03 Å². The highest BCUT2D eigenvalue weighted by Crippen LogP contribution is 2.32. The quantitative estimate of drug-likeness (QED) is 0.520. The van der Waals surface area contributed by atoms with Crippen molar-refractivity contribution in [3.8, 4) is 6.07 Å². The number of nitrogens with one attached hydrogen (secondary N) is 2. The first-order chi connectivity index (χ1) is 13.5. The molecule has 6 heteroatoms. The number of aliphatic hydroxyl groups is 1. The van der Waals surface area contributed by atoms with Crippen LogP contribution in [0, 0.1) is 11.3 Å². The molecule has 0 saturated heterocycles. The normalized spacial score (nSPS) is 11.4. The summed E-state index contributed by atoms with van der Waals surface area (Å²) < 4.78 is 2.79. The second-order valence-electron chi connectivity index (χ2n) is 8.20. The number of rotatable bonds is 6. The van der Waals surface area contributed by atoms with Gasteiger partial charge in [-0.1, -0.05) is 45.9 Å². The Morgan fingerprint density at radius 1 is 1.10 bits per heavy atom. The van der Waals surface area contributed by atoms with E-state index in [2.05, 4.69) is 43.8 Å². The van der Waals surface area contributed by atoms with Crippen molar-refractivity contribution < 1.29 is 9.90 Å². The first-order valence-corrected chi connectivity index (χ1v) is 10.5. The lowest BCUT2D eigenvalue weighted by molar-refractivity contribution is 0.0783. The Hall–Kier alpha value is -2.49. The number of hydrogen-bond acceptors (Lipinski definition) is 4. The summed E-state index contributed by atoms with van der Waals surface area (Å²) in [6, 6.07) is 13.0. The first-order valence-electron chi connectivity index (χ1n) is 9.67. The van der Waals surface area contributed by atoms with E-state index in [0.717, 1.165) is 28.8 Å². The third-order valence-electron chi connectivity index (χ3n) is 4.62. The molecule has 0 spiro atoms. The molecule has 0 aliphatic heterocycles. The lowest BCUT2D eigenvalue weighted by atomic mass is 9.93. The van der Waals surface area contributed by atoms with E-state index in [1.165, 1.54) is 0 Å². The van der Waals surface area contributed by atoms with Gasteiger partial charge in [-0.05, 0) is 72.5 Å². The van der Waals surface area contributed by atoms with Crippen molar-refractivity contribution in [2.75, 3.05) is 5.32 Å². The molecular weight excluding hydrogens is 382 g/mol. The number of nitriles is 1. The fraction of sp³-hybridized carbons (Fsp3) is 0.391. The Balaban J connectivity index is 2.21. The molecule has 29 heavy (non-hydrogen) atoms. The highest BCUT2D eigenvalue weighted by Gasteiger charge is 2.19. The molecule has 0 atom stereocenters. The number of hydrogen-bond donors (Lipinski definition) is 3. The Labute approximate surface area is 177 Å². The van der Waals surface area contributed by atoms with Crippen LogP contribution in [0.4, 0.5) is 10.5 Å². The largest absolute Gasteiger partial charge is 0.386 e. The van der Waals surface area contributed by atoms with E-state index >= 15 is 0 Å². The third kappa shape index (κ3) is 5.99. The van der Waals surface area contributed by atoms with Gasteiger partial charge in [-0.15, -0.1) is 0 Å². The topological polar surface area (TPSA) is 85.2 Å². The summed E-state index contributed by atoms with van der Waals surface area (Å²) in [5.41, 5.74) is 3.00. The summed E-state index contributed by atoms with van der Waals surface area (Å²) in [5, 5.41) is 22.5. The summed E-state index contributed by atoms with van der Waals surface area (Å²) >= 11 is 1.11. The maximum Gasteiger partial charge on any atom is 0.329 e. The molecule has 0 radical (unpaired) electrons. The molecule has 0 aromatic heterocycles. The SMILES string of the molecule is CC(C)c1cccc(C(C)C)c1NC(=O)NSc1cc(C#N)cc(C(C)(C)O)c1. The summed E-state index contributed by atoms with van der Waals surface area (Å²) in [5.74, 6) is 0.552. The number of para-hydroxylation sites is 1. The van der Waals surface area contributed by atoms with Crippen LogP contribution in [0.25, 0.3) is 0 Å². The number of carbonyl (C=O) groups excluding carboxylic acids is 1. The smallest absolute Gasteiger partial charge is 0.329 e. The predicted molar refractivity (Wildman–Crippen MR) is 119 cm³/mol. The van der Waals surface area contributed by atoms with Crippen molar-refractivity contribution in [3.63, 3.8) is 0 Å². The molecule has 0 heterocycles. The van der Waals surface area contributed by atoms with Crippen molar-refractivity contribution in [2.24, 2.45) is 0 Å². The monoisotopic (exact) mass is 411 g/mol. The van der Waals surface area contributed by atoms with E-state index in [1.807, 2.05) is 18.2 Å². The minimum Gasteiger partial charge on any atom is -0.386 e. The van der Waals surface area contributed by atoms with Crippen LogP contribution in [0.1, 0.15) is 75.6 Å². The van der Waals surface area contributed by atoms with E-state index in [4.69, 9.17) is 0 Å². The van der Waals surface area contributed by atoms with Crippen molar-refractivity contribution in [2.45, 2.75) is 63.9 Å². The minimum absolute atomic E-state index is 0.276. The van der Waals surface area contributed by atoms with Gasteiger partial charge in [0.25, 0.3) is 0 Å². The van der Waals surface area contributed by atoms with Crippen molar-refractivity contribution in [1.82, 2.24) is 4.72 Å². The fourth-order valence-electron chi connectivity index (χ4n) is 3.02. The highest BCUT2D eigenvalue weighted by molar-refractivity contribution is 7.98. The van der Waals surface area contributed by atoms with Crippen LogP contribution < -0.4 is 10.0 Å². The molecule has 154 valence electrons. The zero-order chi connectivity index (χ0) is 21.8. The maximum atomic E-state index is 12.6. The molecule has 0 fully saturated rings. The lowest BCUT2D eigenvalue weighted by Gasteiger charge is -2.20. The van der Waals surface area contributed by atoms with E-state index in [0.29, 0.717) is 16.0 Å². The highest BCUT2D eigenvalue weighted by atomic mass is 32.2. The van der Waals surface area contributed by atoms with Gasteiger partial charge in [0.2, 0.25) is 0 Å². The zero-order valence-corrected chi connectivity index (χ0v) is 18.6. The van der Waals surface area contributed by atoms with Gasteiger partial charge in [0.05, 0.1) is 17.2 Å². The van der Waals surface area contributed by atoms with Crippen LogP contribution in [0.5, 0.6) is 0 Å². The van der Waals surface area contributed by atoms with Gasteiger partial charge in [0.15, 0.2) is 0 Å². The van der Waals surface area contributed by atoms with Crippen LogP contribution in [-0.2, 0) is 5.60 Å². The summed E-state index contributed by atoms with van der Waals surface area (Å²) in [6.07, 6.45) is 0. The standard InChI is InChI=1S/C23H29N3O2S/c1-14(2)19-8-7-9-20(15(3)4)21(19)25-22(27)26-29-18-11-16(13-24)10-17(12-18)23(5,6)28/h7-12,14-15,28H,1-6H3,(H2,25,26,27). The molecule has 0 aliphatic rings. The molecule has 2 aromatic rings. The van der Waals surface area contributed by atoms with Crippen LogP contribution in [0.15, 0.2) is 41.3 Å². The van der Waals surface area contributed by atoms with Gasteiger partial charge in [0.1, 0.15) is 0 Å². The Morgan fingerprint density at radius 2 is 1.69 bits per heavy atom. The summed E-state index contributed by atoms with van der Waals surface area (Å²) in [7, 11) is 0. The molecule has 0 saturated carbocycles. The molecule has 0 bridgehead atoms. The molecule has 5 nitrogen and oxygen atoms in total. The van der Waals surface area contributed by atoms with Crippen molar-refractivity contribution in [1.29, 1.82) is 5.26 Å². The van der Waals surface area contributed by atoms with E-state index in [9.17, 15) is 15.2 Å². The number of anilines is 1. The summed E-state index contributed by atoms with van der Waals surface area (Å²) in [4.78, 5) is 13.3. The average molecular weight is 412 g/mol. The first kappa shape index (κ1) is 22.8. The molecular formula is C23H29N3O2S. The number of urea groups is 1. The maximum absolute atomic E-state index is 12.6. The molecule has 2 rings (SSSR count). The van der Waals surface area contributed by atoms with Gasteiger partial charge in [-0.2, -0.15) is 5.26 Å². The zero-order valence-electron chi connectivity index (χ0n) is 17.8. The number of benzene rings is 2. The van der Waals surface area contributed by atoms with Crippen molar-refractivity contribution >= 4 is 23.7 Å². The van der Waals surface area contributed by atoms with E-state index in [1.54, 1.807) is 32.0 Å². The Bertz CT molecular complexity index is 898. The molecule has 0 unspecified atom stereocenters. The van der Waals surface area contributed by atoms with Gasteiger partial charge in [-0.3, -0.25) is 4.72 Å². The lowest BCUT2D eigenvalue weighted by Crippen LogP contribution is -2.24. The van der Waals surface area contributed by atoms with E-state index in [-0.39, 0.29) is 17.9 Å². The van der Waals surface area contributed by atoms with Gasteiger partial charge in [-0.25, -0.2) is 4.79 Å². The number of nitrogens with zero attached hydrogens (tertiary/aromatic N) is 1. The van der Waals surface area contributed by atoms with Crippen LogP contribution in [0.3, 0.4) is 0 Å². The number of carbonyl (C=O) groups is 1. The Morgan fingerprint density at radius 3 is 2.17 bits per heavy atom. The molecule has 2 aromatic carbocycles. The van der Waals surface area contributed by atoms with Crippen molar-refractivity contribution in [3.05, 3.63) is 58.7 Å². The van der Waals surface area contributed by atoms with Gasteiger partial charge < -0.3 is 10.4 Å². The molecule has 0 aliphatic carbocycles. The fourth-order valence-corrected chi connectivity index (χ4v) is 3.65. The van der Waals surface area contributed by atoms with Crippen LogP contribution in [-0.4, -0.2) is 11.1 Å². The van der Waals surface area contributed by atoms with Crippen LogP contribution >= 0.6 is 11.9 Å². The summed E-state index contributed by atoms with van der Waals surface area (Å²) in [6.45, 7) is 11.7. The molecule has 2 amide bonds. The molecule has 3 N–H and O–H groups in total. The van der Waals surface area contributed by atoms with Gasteiger partial charge in [0, 0.05) is 10.6 Å². The minimum atomic E-state index is -1.08. The van der Waals surface area contributed by atoms with Crippen LogP contribution in [0.2, 0.25) is 0 Å². The van der Waals surface area contributed by atoms with E-state index < -0.39 is 5.60 Å². The third-order valence-corrected chi connectivity index (χ3v) is 5.37. The predicted octanol–water partition coefficient (Wildman–Crippen LogP) is 5.86. The average Bonchev–Trinajstić information content (AvgIpc) is 2.65. The second-order valence-corrected chi connectivity index (χ2v) is 9.08.